The van der Waals surface area contributed by atoms with Crippen LogP contribution in [-0.4, -0.2) is 38.7 Å². The molecule has 1 fully saturated rings. The van der Waals surface area contributed by atoms with E-state index in [0.717, 1.165) is 38.5 Å². The highest BCUT2D eigenvalue weighted by Gasteiger charge is 2.26. The Morgan fingerprint density at radius 1 is 0.956 bits per heavy atom. The largest absolute Gasteiger partial charge is 0.462 e. The molecular weight excluding hydrogens is 558 g/mol. The summed E-state index contributed by atoms with van der Waals surface area (Å²) < 4.78 is 11.0. The van der Waals surface area contributed by atoms with Crippen LogP contribution in [0.4, 0.5) is 0 Å². The molecule has 0 radical (unpaired) electrons. The highest BCUT2D eigenvalue weighted by molar-refractivity contribution is 5.88. The fourth-order valence-corrected chi connectivity index (χ4v) is 6.65. The third kappa shape index (κ3) is 11.3. The van der Waals surface area contributed by atoms with Gasteiger partial charge in [0.2, 0.25) is 0 Å². The van der Waals surface area contributed by atoms with Crippen molar-refractivity contribution in [2.45, 2.75) is 104 Å². The Morgan fingerprint density at radius 3 is 2.36 bits per heavy atom. The summed E-state index contributed by atoms with van der Waals surface area (Å²) >= 11 is 0. The van der Waals surface area contributed by atoms with Gasteiger partial charge in [0.1, 0.15) is 0 Å². The third-order valence-corrected chi connectivity index (χ3v) is 9.43. The second-order valence-electron chi connectivity index (χ2n) is 13.1. The molecule has 1 aliphatic rings. The zero-order valence-corrected chi connectivity index (χ0v) is 28.6. The minimum absolute atomic E-state index is 0.132. The molecule has 1 N–H and O–H groups in total. The van der Waals surface area contributed by atoms with Gasteiger partial charge in [-0.2, -0.15) is 0 Å². The Hall–Kier alpha value is -3.18. The van der Waals surface area contributed by atoms with E-state index in [4.69, 9.17) is 9.47 Å². The Kier molecular flexibility index (Phi) is 15.1. The average Bonchev–Trinajstić information content (AvgIpc) is 3.04. The molecule has 246 valence electrons. The van der Waals surface area contributed by atoms with Gasteiger partial charge in [0.05, 0.1) is 13.2 Å². The zero-order chi connectivity index (χ0) is 32.8. The highest BCUT2D eigenvalue weighted by Crippen LogP contribution is 2.40. The van der Waals surface area contributed by atoms with Gasteiger partial charge in [-0.05, 0) is 130 Å². The third-order valence-electron chi connectivity index (χ3n) is 9.43. The van der Waals surface area contributed by atoms with Crippen LogP contribution in [-0.2, 0) is 31.9 Å². The second-order valence-corrected chi connectivity index (χ2v) is 13.1. The van der Waals surface area contributed by atoms with Crippen LogP contribution in [0.15, 0.2) is 60.7 Å². The van der Waals surface area contributed by atoms with Gasteiger partial charge in [0.15, 0.2) is 0 Å². The molecule has 45 heavy (non-hydrogen) atoms. The van der Waals surface area contributed by atoms with Crippen molar-refractivity contribution >= 4 is 11.9 Å². The van der Waals surface area contributed by atoms with E-state index < -0.39 is 0 Å². The molecule has 0 saturated heterocycles. The van der Waals surface area contributed by atoms with E-state index in [2.05, 4.69) is 75.6 Å². The first-order valence-corrected chi connectivity index (χ1v) is 17.2. The van der Waals surface area contributed by atoms with E-state index in [1.807, 2.05) is 0 Å². The fourth-order valence-electron chi connectivity index (χ4n) is 6.65. The molecule has 1 aliphatic carbocycles. The van der Waals surface area contributed by atoms with Crippen LogP contribution in [0.2, 0.25) is 0 Å². The topological polar surface area (TPSA) is 64.6 Å². The molecule has 2 aromatic rings. The number of unbranched alkanes of at least 4 members (excludes halogenated alkanes) is 2. The van der Waals surface area contributed by atoms with Gasteiger partial charge in [0, 0.05) is 17.7 Å². The van der Waals surface area contributed by atoms with E-state index in [1.165, 1.54) is 59.1 Å². The number of hydrogen-bond acceptors (Lipinski definition) is 5. The first-order valence-electron chi connectivity index (χ1n) is 17.2. The molecule has 1 unspecified atom stereocenters. The van der Waals surface area contributed by atoms with Crippen molar-refractivity contribution in [3.05, 3.63) is 83.0 Å². The summed E-state index contributed by atoms with van der Waals surface area (Å²) in [5.74, 6) is 0.522. The number of benzene rings is 2. The minimum Gasteiger partial charge on any atom is -0.462 e. The van der Waals surface area contributed by atoms with Crippen LogP contribution in [0.1, 0.15) is 107 Å². The summed E-state index contributed by atoms with van der Waals surface area (Å²) in [5, 5.41) is 2.92. The van der Waals surface area contributed by atoms with E-state index in [0.29, 0.717) is 49.2 Å². The van der Waals surface area contributed by atoms with Crippen molar-refractivity contribution in [2.24, 2.45) is 11.8 Å². The monoisotopic (exact) mass is 615 g/mol. The molecule has 5 nitrogen and oxygen atoms in total. The van der Waals surface area contributed by atoms with Crippen molar-refractivity contribution in [1.29, 1.82) is 0 Å². The lowest BCUT2D eigenvalue weighted by atomic mass is 9.75. The molecule has 1 atom stereocenters. The van der Waals surface area contributed by atoms with Crippen LogP contribution >= 0.6 is 0 Å². The molecule has 1 saturated carbocycles. The number of likely N-dealkylation sites (N-methyl/N-ethyl adjacent to an activating group) is 1. The number of carbonyl (C=O) groups excluding carboxylic acids is 2. The molecule has 0 heterocycles. The van der Waals surface area contributed by atoms with Crippen LogP contribution < -0.4 is 5.32 Å². The smallest absolute Gasteiger partial charge is 0.334 e. The quantitative estimate of drug-likeness (QED) is 0.103. The van der Waals surface area contributed by atoms with Gasteiger partial charge < -0.3 is 14.8 Å². The highest BCUT2D eigenvalue weighted by atomic mass is 16.5. The van der Waals surface area contributed by atoms with Crippen LogP contribution in [0, 0.1) is 18.8 Å². The van der Waals surface area contributed by atoms with E-state index in [1.54, 1.807) is 14.0 Å². The van der Waals surface area contributed by atoms with Crippen LogP contribution in [0.3, 0.4) is 0 Å². The number of esters is 2. The lowest BCUT2D eigenvalue weighted by Gasteiger charge is -2.31. The predicted molar refractivity (Wildman–Crippen MR) is 186 cm³/mol. The Labute approximate surface area is 272 Å². The summed E-state index contributed by atoms with van der Waals surface area (Å²) in [7, 11) is 1.77. The van der Waals surface area contributed by atoms with Crippen molar-refractivity contribution < 1.29 is 19.1 Å². The van der Waals surface area contributed by atoms with Gasteiger partial charge in [-0.1, -0.05) is 76.2 Å². The molecule has 2 aromatic carbocycles. The lowest BCUT2D eigenvalue weighted by Crippen LogP contribution is -2.23. The summed E-state index contributed by atoms with van der Waals surface area (Å²) in [5.41, 5.74) is 9.27. The van der Waals surface area contributed by atoms with Gasteiger partial charge in [-0.3, -0.25) is 0 Å². The Morgan fingerprint density at radius 2 is 1.71 bits per heavy atom. The molecule has 0 aliphatic heterocycles. The maximum absolute atomic E-state index is 12.2. The normalized spacial score (nSPS) is 17.0. The molecule has 5 heteroatoms. The van der Waals surface area contributed by atoms with Crippen LogP contribution in [0.5, 0.6) is 0 Å². The molecule has 0 aromatic heterocycles. The minimum atomic E-state index is -0.380. The van der Waals surface area contributed by atoms with Crippen molar-refractivity contribution in [3.8, 4) is 11.1 Å². The lowest BCUT2D eigenvalue weighted by molar-refractivity contribution is -0.143. The number of aryl methyl sites for hydroxylation is 3. The average molecular weight is 616 g/mol. The summed E-state index contributed by atoms with van der Waals surface area (Å²) in [6.07, 6.45) is 12.2. The fraction of sp³-hybridized carbons (Fsp3) is 0.550. The molecule has 0 spiro atoms. The summed E-state index contributed by atoms with van der Waals surface area (Å²) in [6, 6.07) is 14.2. The maximum Gasteiger partial charge on any atom is 0.334 e. The zero-order valence-electron chi connectivity index (χ0n) is 28.6. The van der Waals surface area contributed by atoms with Crippen molar-refractivity contribution in [3.63, 3.8) is 0 Å². The predicted octanol–water partition coefficient (Wildman–Crippen LogP) is 9.07. The van der Waals surface area contributed by atoms with Crippen molar-refractivity contribution in [1.82, 2.24) is 5.32 Å². The van der Waals surface area contributed by atoms with Gasteiger partial charge in [0.25, 0.3) is 0 Å². The van der Waals surface area contributed by atoms with Gasteiger partial charge in [-0.25, -0.2) is 9.59 Å². The van der Waals surface area contributed by atoms with E-state index in [-0.39, 0.29) is 17.9 Å². The van der Waals surface area contributed by atoms with Gasteiger partial charge >= 0.3 is 11.9 Å². The summed E-state index contributed by atoms with van der Waals surface area (Å²) in [4.78, 5) is 24.3. The Bertz CT molecular complexity index is 1290. The number of carbonyl (C=O) groups is 2. The number of hydrogen-bond donors (Lipinski definition) is 1. The van der Waals surface area contributed by atoms with Crippen LogP contribution in [0.25, 0.3) is 11.1 Å². The van der Waals surface area contributed by atoms with E-state index in [9.17, 15) is 9.59 Å². The maximum atomic E-state index is 12.2. The summed E-state index contributed by atoms with van der Waals surface area (Å²) in [6.45, 7) is 16.9. The second kappa shape index (κ2) is 18.7. The standard InChI is InChI=1S/C40H57NO4/c1-8-10-11-12-34-17-18-37(23-29(34)5)38-20-19-36(25-33(38)9-2)35-15-13-31(14-16-35)24-32(27-45-39(42)28(3)4)21-22-44-40(43)30(6)26-41-7/h17-20,23,25,31-32,35,41H,3,6,8-16,21-22,24,26-27H2,1-2,4-5,7H3. The number of ether oxygens (including phenoxy) is 2. The SMILES string of the molecule is C=C(C)C(=O)OCC(CCOC(=O)C(=C)CNC)CC1CCC(c2ccc(-c3ccc(CCCCC)c(C)c3)c(CC)c2)CC1. The molecule has 0 bridgehead atoms. The Balaban J connectivity index is 1.60. The number of rotatable bonds is 18. The molecular formula is C40H57NO4. The molecule has 0 amide bonds. The van der Waals surface area contributed by atoms with Crippen molar-refractivity contribution in [2.75, 3.05) is 26.8 Å². The first-order chi connectivity index (χ1) is 21.7. The van der Waals surface area contributed by atoms with E-state index >= 15 is 0 Å². The number of nitrogens with one attached hydrogen (secondary N) is 1. The molecule has 3 rings (SSSR count). The first kappa shape index (κ1) is 36.3. The van der Waals surface area contributed by atoms with Gasteiger partial charge in [-0.15, -0.1) is 0 Å².